The van der Waals surface area contributed by atoms with E-state index in [0.717, 1.165) is 16.6 Å². The van der Waals surface area contributed by atoms with Crippen molar-refractivity contribution in [1.82, 2.24) is 4.98 Å². The molecule has 0 aliphatic carbocycles. The van der Waals surface area contributed by atoms with Gasteiger partial charge >= 0.3 is 0 Å². The molecule has 1 aromatic heterocycles. The molecule has 3 aromatic rings. The van der Waals surface area contributed by atoms with Crippen LogP contribution < -0.4 is 5.32 Å². The molecular weight excluding hydrogens is 272 g/mol. The molecule has 0 radical (unpaired) electrons. The van der Waals surface area contributed by atoms with E-state index in [0.29, 0.717) is 10.6 Å². The number of H-pyrrole nitrogens is 1. The first-order chi connectivity index (χ1) is 9.75. The van der Waals surface area contributed by atoms with Crippen LogP contribution in [0.4, 0.5) is 5.69 Å². The van der Waals surface area contributed by atoms with Gasteiger partial charge in [0, 0.05) is 22.7 Å². The number of nitrogens with one attached hydrogen (secondary N) is 2. The lowest BCUT2D eigenvalue weighted by atomic mass is 10.1. The predicted octanol–water partition coefficient (Wildman–Crippen LogP) is 4.12. The molecule has 1 heterocycles. The minimum Gasteiger partial charge on any atom is -0.376 e. The number of Topliss-reactive ketones (excluding diaryl/α,β-unsaturated/α-hetero) is 1. The molecule has 0 fully saturated rings. The van der Waals surface area contributed by atoms with Crippen LogP contribution in [-0.4, -0.2) is 17.3 Å². The van der Waals surface area contributed by atoms with Crippen LogP contribution in [0.1, 0.15) is 10.4 Å². The normalized spacial score (nSPS) is 10.7. The zero-order chi connectivity index (χ0) is 13.9. The number of benzene rings is 2. The summed E-state index contributed by atoms with van der Waals surface area (Å²) in [6.45, 7) is 0.214. The molecule has 0 unspecified atom stereocenters. The largest absolute Gasteiger partial charge is 0.376 e. The zero-order valence-electron chi connectivity index (χ0n) is 10.7. The summed E-state index contributed by atoms with van der Waals surface area (Å²) < 4.78 is 0. The monoisotopic (exact) mass is 284 g/mol. The van der Waals surface area contributed by atoms with E-state index in [4.69, 9.17) is 11.6 Å². The number of fused-ring (bicyclic) bond motifs is 1. The molecular formula is C16H13ClN2O. The number of halogens is 1. The van der Waals surface area contributed by atoms with E-state index in [9.17, 15) is 4.79 Å². The number of aromatic nitrogens is 1. The summed E-state index contributed by atoms with van der Waals surface area (Å²) >= 11 is 6.05. The van der Waals surface area contributed by atoms with Gasteiger partial charge in [0.05, 0.1) is 17.3 Å². The molecule has 0 saturated heterocycles. The first-order valence-corrected chi connectivity index (χ1v) is 6.71. The second-order valence-corrected chi connectivity index (χ2v) is 4.91. The van der Waals surface area contributed by atoms with E-state index < -0.39 is 0 Å². The Morgan fingerprint density at radius 3 is 2.70 bits per heavy atom. The molecule has 2 aromatic carbocycles. The third kappa shape index (κ3) is 2.40. The van der Waals surface area contributed by atoms with Crippen LogP contribution >= 0.6 is 11.6 Å². The summed E-state index contributed by atoms with van der Waals surface area (Å²) in [5.74, 6) is 0.0300. The molecule has 3 rings (SSSR count). The van der Waals surface area contributed by atoms with Gasteiger partial charge in [-0.3, -0.25) is 4.79 Å². The number of hydrogen-bond acceptors (Lipinski definition) is 2. The summed E-state index contributed by atoms with van der Waals surface area (Å²) in [6.07, 6.45) is 1.75. The van der Waals surface area contributed by atoms with Crippen LogP contribution in [0.15, 0.2) is 54.7 Å². The predicted molar refractivity (Wildman–Crippen MR) is 82.6 cm³/mol. The van der Waals surface area contributed by atoms with Gasteiger partial charge in [0.15, 0.2) is 5.78 Å². The van der Waals surface area contributed by atoms with E-state index in [1.165, 1.54) is 0 Å². The third-order valence-corrected chi connectivity index (χ3v) is 3.53. The molecule has 3 nitrogen and oxygen atoms in total. The van der Waals surface area contributed by atoms with Crippen molar-refractivity contribution < 1.29 is 4.79 Å². The minimum absolute atomic E-state index is 0.0300. The number of para-hydroxylation sites is 2. The number of hydrogen-bond donors (Lipinski definition) is 2. The first kappa shape index (κ1) is 12.8. The maximum atomic E-state index is 12.3. The van der Waals surface area contributed by atoms with Gasteiger partial charge in [-0.15, -0.1) is 0 Å². The van der Waals surface area contributed by atoms with Gasteiger partial charge < -0.3 is 10.3 Å². The van der Waals surface area contributed by atoms with Crippen molar-refractivity contribution in [2.75, 3.05) is 11.9 Å². The van der Waals surface area contributed by atoms with E-state index in [1.807, 2.05) is 42.5 Å². The molecule has 4 heteroatoms. The van der Waals surface area contributed by atoms with E-state index >= 15 is 0 Å². The van der Waals surface area contributed by atoms with Crippen molar-refractivity contribution >= 4 is 34.0 Å². The van der Waals surface area contributed by atoms with Crippen LogP contribution in [0.25, 0.3) is 10.9 Å². The van der Waals surface area contributed by atoms with E-state index in [-0.39, 0.29) is 12.3 Å². The van der Waals surface area contributed by atoms with Crippen LogP contribution in [-0.2, 0) is 0 Å². The average Bonchev–Trinajstić information content (AvgIpc) is 2.90. The van der Waals surface area contributed by atoms with E-state index in [1.54, 1.807) is 12.3 Å². The van der Waals surface area contributed by atoms with Gasteiger partial charge in [-0.25, -0.2) is 0 Å². The van der Waals surface area contributed by atoms with Crippen LogP contribution in [0.5, 0.6) is 0 Å². The Morgan fingerprint density at radius 2 is 1.85 bits per heavy atom. The van der Waals surface area contributed by atoms with Crippen molar-refractivity contribution in [2.24, 2.45) is 0 Å². The first-order valence-electron chi connectivity index (χ1n) is 6.33. The SMILES string of the molecule is O=C(CNc1ccccc1Cl)c1c[nH]c2ccccc12. The summed E-state index contributed by atoms with van der Waals surface area (Å²) in [4.78, 5) is 15.4. The standard InChI is InChI=1S/C16H13ClN2O/c17-13-6-2-4-8-15(13)19-10-16(20)12-9-18-14-7-3-1-5-11(12)14/h1-9,18-19H,10H2. The number of anilines is 1. The fourth-order valence-electron chi connectivity index (χ4n) is 2.18. The van der Waals surface area contributed by atoms with Gasteiger partial charge in [-0.2, -0.15) is 0 Å². The molecule has 20 heavy (non-hydrogen) atoms. The Bertz CT molecular complexity index is 764. The smallest absolute Gasteiger partial charge is 0.183 e. The Balaban J connectivity index is 1.79. The van der Waals surface area contributed by atoms with Crippen molar-refractivity contribution in [3.05, 3.63) is 65.3 Å². The highest BCUT2D eigenvalue weighted by Gasteiger charge is 2.11. The number of carbonyl (C=O) groups excluding carboxylic acids is 1. The highest BCUT2D eigenvalue weighted by molar-refractivity contribution is 6.33. The molecule has 0 atom stereocenters. The van der Waals surface area contributed by atoms with Crippen molar-refractivity contribution in [3.8, 4) is 0 Å². The number of carbonyl (C=O) groups is 1. The molecule has 0 spiro atoms. The third-order valence-electron chi connectivity index (χ3n) is 3.20. The van der Waals surface area contributed by atoms with Gasteiger partial charge in [0.1, 0.15) is 0 Å². The Hall–Kier alpha value is -2.26. The van der Waals surface area contributed by atoms with Gasteiger partial charge in [-0.05, 0) is 18.2 Å². The van der Waals surface area contributed by atoms with Gasteiger partial charge in [-0.1, -0.05) is 41.9 Å². The Morgan fingerprint density at radius 1 is 1.10 bits per heavy atom. The maximum absolute atomic E-state index is 12.3. The summed E-state index contributed by atoms with van der Waals surface area (Å²) in [6, 6.07) is 15.1. The molecule has 0 aliphatic heterocycles. The fraction of sp³-hybridized carbons (Fsp3) is 0.0625. The van der Waals surface area contributed by atoms with E-state index in [2.05, 4.69) is 10.3 Å². The zero-order valence-corrected chi connectivity index (χ0v) is 11.4. The molecule has 0 aliphatic rings. The fourth-order valence-corrected chi connectivity index (χ4v) is 2.38. The number of rotatable bonds is 4. The van der Waals surface area contributed by atoms with Crippen LogP contribution in [0.2, 0.25) is 5.02 Å². The van der Waals surface area contributed by atoms with Crippen LogP contribution in [0, 0.1) is 0 Å². The lowest BCUT2D eigenvalue weighted by Gasteiger charge is -2.06. The lowest BCUT2D eigenvalue weighted by Crippen LogP contribution is -2.13. The summed E-state index contributed by atoms with van der Waals surface area (Å²) in [7, 11) is 0. The topological polar surface area (TPSA) is 44.9 Å². The minimum atomic E-state index is 0.0300. The number of ketones is 1. The quantitative estimate of drug-likeness (QED) is 0.708. The molecule has 0 saturated carbocycles. The number of aromatic amines is 1. The van der Waals surface area contributed by atoms with Crippen molar-refractivity contribution in [1.29, 1.82) is 0 Å². The molecule has 0 amide bonds. The van der Waals surface area contributed by atoms with Gasteiger partial charge in [0.25, 0.3) is 0 Å². The lowest BCUT2D eigenvalue weighted by molar-refractivity contribution is 0.101. The second kappa shape index (κ2) is 5.39. The summed E-state index contributed by atoms with van der Waals surface area (Å²) in [5, 5.41) is 4.62. The Kier molecular flexibility index (Phi) is 3.44. The second-order valence-electron chi connectivity index (χ2n) is 4.50. The average molecular weight is 285 g/mol. The molecule has 100 valence electrons. The van der Waals surface area contributed by atoms with Crippen molar-refractivity contribution in [3.63, 3.8) is 0 Å². The van der Waals surface area contributed by atoms with Crippen LogP contribution in [0.3, 0.4) is 0 Å². The highest BCUT2D eigenvalue weighted by atomic mass is 35.5. The van der Waals surface area contributed by atoms with Gasteiger partial charge in [0.2, 0.25) is 0 Å². The van der Waals surface area contributed by atoms with Crippen molar-refractivity contribution in [2.45, 2.75) is 0 Å². The highest BCUT2D eigenvalue weighted by Crippen LogP contribution is 2.21. The molecule has 0 bridgehead atoms. The maximum Gasteiger partial charge on any atom is 0.183 e. The summed E-state index contributed by atoms with van der Waals surface area (Å²) in [5.41, 5.74) is 2.43. The Labute approximate surface area is 121 Å². The molecule has 2 N–H and O–H groups in total.